The van der Waals surface area contributed by atoms with Gasteiger partial charge >= 0.3 is 6.18 Å². The second-order valence-electron chi connectivity index (χ2n) is 6.58. The summed E-state index contributed by atoms with van der Waals surface area (Å²) in [7, 11) is 0. The van der Waals surface area contributed by atoms with Gasteiger partial charge in [-0.05, 0) is 56.0 Å². The molecule has 0 saturated heterocycles. The molecular formula is C20H24F3NO. The Morgan fingerprint density at radius 1 is 1.08 bits per heavy atom. The Morgan fingerprint density at radius 3 is 2.44 bits per heavy atom. The quantitative estimate of drug-likeness (QED) is 0.799. The Hall–Kier alpha value is -1.85. The van der Waals surface area contributed by atoms with Crippen molar-refractivity contribution in [3.63, 3.8) is 0 Å². The molecule has 0 heterocycles. The van der Waals surface area contributed by atoms with Gasteiger partial charge in [-0.3, -0.25) is 0 Å². The Morgan fingerprint density at radius 2 is 1.80 bits per heavy atom. The van der Waals surface area contributed by atoms with Crippen molar-refractivity contribution < 1.29 is 18.3 Å². The molecule has 2 rings (SSSR count). The van der Waals surface area contributed by atoms with Gasteiger partial charge in [0.05, 0.1) is 11.7 Å². The van der Waals surface area contributed by atoms with Gasteiger partial charge in [-0.15, -0.1) is 0 Å². The molecule has 0 aliphatic carbocycles. The molecule has 2 aromatic rings. The molecule has 136 valence electrons. The second-order valence-corrected chi connectivity index (χ2v) is 6.58. The molecule has 0 radical (unpaired) electrons. The zero-order valence-electron chi connectivity index (χ0n) is 14.7. The van der Waals surface area contributed by atoms with Gasteiger partial charge in [0.25, 0.3) is 0 Å². The minimum atomic E-state index is -4.40. The highest BCUT2D eigenvalue weighted by molar-refractivity contribution is 5.31. The maximum atomic E-state index is 12.8. The van der Waals surface area contributed by atoms with E-state index < -0.39 is 17.8 Å². The van der Waals surface area contributed by atoms with Gasteiger partial charge in [-0.2, -0.15) is 13.2 Å². The predicted molar refractivity (Wildman–Crippen MR) is 93.5 cm³/mol. The van der Waals surface area contributed by atoms with Crippen LogP contribution in [-0.2, 0) is 12.6 Å². The van der Waals surface area contributed by atoms with Gasteiger partial charge < -0.3 is 10.4 Å². The van der Waals surface area contributed by atoms with Crippen LogP contribution in [0.25, 0.3) is 0 Å². The van der Waals surface area contributed by atoms with Crippen LogP contribution in [0.2, 0.25) is 0 Å². The van der Waals surface area contributed by atoms with E-state index in [2.05, 4.69) is 30.4 Å². The SMILES string of the molecule is Cc1ccc(CC(C)NCC(O)c2cccc(C(F)(F)F)c2)c(C)c1. The van der Waals surface area contributed by atoms with E-state index in [0.29, 0.717) is 0 Å². The van der Waals surface area contributed by atoms with Crippen molar-refractivity contribution in [1.29, 1.82) is 0 Å². The molecule has 0 saturated carbocycles. The van der Waals surface area contributed by atoms with Gasteiger partial charge in [0, 0.05) is 12.6 Å². The average Bonchev–Trinajstić information content (AvgIpc) is 2.54. The van der Waals surface area contributed by atoms with Crippen LogP contribution in [0, 0.1) is 13.8 Å². The first-order valence-electron chi connectivity index (χ1n) is 8.31. The predicted octanol–water partition coefficient (Wildman–Crippen LogP) is 4.58. The molecule has 0 spiro atoms. The molecule has 0 fully saturated rings. The van der Waals surface area contributed by atoms with E-state index in [1.54, 1.807) is 0 Å². The topological polar surface area (TPSA) is 32.3 Å². The van der Waals surface area contributed by atoms with Crippen LogP contribution in [0.1, 0.15) is 40.8 Å². The van der Waals surface area contributed by atoms with E-state index >= 15 is 0 Å². The summed E-state index contributed by atoms with van der Waals surface area (Å²) in [6.07, 6.45) is -4.59. The largest absolute Gasteiger partial charge is 0.416 e. The van der Waals surface area contributed by atoms with Crippen LogP contribution in [-0.4, -0.2) is 17.7 Å². The van der Waals surface area contributed by atoms with Crippen molar-refractivity contribution in [3.05, 3.63) is 70.3 Å². The minimum absolute atomic E-state index is 0.0989. The fraction of sp³-hybridized carbons (Fsp3) is 0.400. The first-order valence-corrected chi connectivity index (χ1v) is 8.31. The van der Waals surface area contributed by atoms with E-state index in [-0.39, 0.29) is 18.2 Å². The summed E-state index contributed by atoms with van der Waals surface area (Å²) in [6.45, 7) is 6.31. The standard InChI is InChI=1S/C20H24F3NO/c1-13-7-8-16(14(2)9-13)10-15(3)24-12-19(25)17-5-4-6-18(11-17)20(21,22)23/h4-9,11,15,19,24-25H,10,12H2,1-3H3. The molecule has 5 heteroatoms. The van der Waals surface area contributed by atoms with Crippen LogP contribution >= 0.6 is 0 Å². The van der Waals surface area contributed by atoms with Crippen molar-refractivity contribution in [2.45, 2.75) is 45.5 Å². The smallest absolute Gasteiger partial charge is 0.387 e. The summed E-state index contributed by atoms with van der Waals surface area (Å²) in [6, 6.07) is 11.2. The minimum Gasteiger partial charge on any atom is -0.387 e. The summed E-state index contributed by atoms with van der Waals surface area (Å²) in [5.41, 5.74) is 3.17. The number of hydrogen-bond donors (Lipinski definition) is 2. The zero-order valence-corrected chi connectivity index (χ0v) is 14.7. The van der Waals surface area contributed by atoms with Crippen molar-refractivity contribution >= 4 is 0 Å². The van der Waals surface area contributed by atoms with Crippen molar-refractivity contribution in [3.8, 4) is 0 Å². The first kappa shape index (κ1) is 19.5. The number of rotatable bonds is 6. The van der Waals surface area contributed by atoms with Gasteiger partial charge in [-0.25, -0.2) is 0 Å². The number of alkyl halides is 3. The van der Waals surface area contributed by atoms with Gasteiger partial charge in [0.2, 0.25) is 0 Å². The van der Waals surface area contributed by atoms with Crippen molar-refractivity contribution in [2.24, 2.45) is 0 Å². The fourth-order valence-electron chi connectivity index (χ4n) is 2.83. The summed E-state index contributed by atoms with van der Waals surface area (Å²) >= 11 is 0. The molecule has 2 aromatic carbocycles. The summed E-state index contributed by atoms with van der Waals surface area (Å²) in [4.78, 5) is 0. The number of hydrogen-bond acceptors (Lipinski definition) is 2. The van der Waals surface area contributed by atoms with Crippen LogP contribution in [0.5, 0.6) is 0 Å². The normalized spacial score (nSPS) is 14.4. The Bertz CT molecular complexity index is 712. The summed E-state index contributed by atoms with van der Waals surface area (Å²) in [5, 5.41) is 13.4. The van der Waals surface area contributed by atoms with E-state index in [9.17, 15) is 18.3 Å². The van der Waals surface area contributed by atoms with Crippen LogP contribution in [0.4, 0.5) is 13.2 Å². The van der Waals surface area contributed by atoms with Crippen molar-refractivity contribution in [1.82, 2.24) is 5.32 Å². The van der Waals surface area contributed by atoms with Crippen LogP contribution in [0.3, 0.4) is 0 Å². The third kappa shape index (κ3) is 5.58. The maximum absolute atomic E-state index is 12.8. The molecule has 0 aromatic heterocycles. The Labute approximate surface area is 146 Å². The average molecular weight is 351 g/mol. The number of aryl methyl sites for hydroxylation is 2. The lowest BCUT2D eigenvalue weighted by Crippen LogP contribution is -2.32. The Kier molecular flexibility index (Phi) is 6.25. The maximum Gasteiger partial charge on any atom is 0.416 e. The highest BCUT2D eigenvalue weighted by Gasteiger charge is 2.30. The monoisotopic (exact) mass is 351 g/mol. The van der Waals surface area contributed by atoms with E-state index in [0.717, 1.165) is 18.6 Å². The fourth-order valence-corrected chi connectivity index (χ4v) is 2.83. The molecule has 0 aliphatic heterocycles. The molecule has 2 unspecified atom stereocenters. The van der Waals surface area contributed by atoms with E-state index in [1.165, 1.54) is 28.8 Å². The number of aliphatic hydroxyl groups excluding tert-OH is 1. The first-order chi connectivity index (χ1) is 11.7. The summed E-state index contributed by atoms with van der Waals surface area (Å²) < 4.78 is 38.3. The Balaban J connectivity index is 1.94. The molecule has 0 aliphatic rings. The third-order valence-corrected chi connectivity index (χ3v) is 4.28. The van der Waals surface area contributed by atoms with Crippen LogP contribution < -0.4 is 5.32 Å². The molecule has 0 amide bonds. The molecule has 2 N–H and O–H groups in total. The van der Waals surface area contributed by atoms with E-state index in [4.69, 9.17) is 0 Å². The molecule has 25 heavy (non-hydrogen) atoms. The number of benzene rings is 2. The van der Waals surface area contributed by atoms with Gasteiger partial charge in [-0.1, -0.05) is 35.9 Å². The van der Waals surface area contributed by atoms with Crippen LogP contribution in [0.15, 0.2) is 42.5 Å². The lowest BCUT2D eigenvalue weighted by Gasteiger charge is -2.19. The van der Waals surface area contributed by atoms with Crippen molar-refractivity contribution in [2.75, 3.05) is 6.54 Å². The zero-order chi connectivity index (χ0) is 18.6. The number of aliphatic hydroxyl groups is 1. The highest BCUT2D eigenvalue weighted by atomic mass is 19.4. The number of nitrogens with one attached hydrogen (secondary N) is 1. The van der Waals surface area contributed by atoms with E-state index in [1.807, 2.05) is 13.8 Å². The lowest BCUT2D eigenvalue weighted by atomic mass is 9.99. The number of halogens is 3. The molecular weight excluding hydrogens is 327 g/mol. The van der Waals surface area contributed by atoms with Gasteiger partial charge in [0.15, 0.2) is 0 Å². The highest BCUT2D eigenvalue weighted by Crippen LogP contribution is 2.30. The lowest BCUT2D eigenvalue weighted by molar-refractivity contribution is -0.137. The second kappa shape index (κ2) is 8.02. The summed E-state index contributed by atoms with van der Waals surface area (Å²) in [5.74, 6) is 0. The molecule has 0 bridgehead atoms. The third-order valence-electron chi connectivity index (χ3n) is 4.28. The molecule has 2 atom stereocenters. The molecule has 2 nitrogen and oxygen atoms in total. The van der Waals surface area contributed by atoms with Gasteiger partial charge in [0.1, 0.15) is 0 Å².